The van der Waals surface area contributed by atoms with Crippen molar-refractivity contribution in [3.63, 3.8) is 0 Å². The Morgan fingerprint density at radius 1 is 0.885 bits per heavy atom. The Kier molecular flexibility index (Phi) is 4.48. The molecule has 0 fully saturated rings. The van der Waals surface area contributed by atoms with Crippen LogP contribution in [0.3, 0.4) is 0 Å². The number of aryl methyl sites for hydroxylation is 1. The summed E-state index contributed by atoms with van der Waals surface area (Å²) in [6.07, 6.45) is 3.74. The van der Waals surface area contributed by atoms with Crippen LogP contribution >= 0.6 is 0 Å². The van der Waals surface area contributed by atoms with Crippen molar-refractivity contribution < 1.29 is 0 Å². The highest BCUT2D eigenvalue weighted by Crippen LogP contribution is 2.25. The van der Waals surface area contributed by atoms with E-state index in [-0.39, 0.29) is 0 Å². The van der Waals surface area contributed by atoms with Crippen LogP contribution in [0.1, 0.15) is 11.3 Å². The lowest BCUT2D eigenvalue weighted by atomic mass is 10.0. The topological polar surface area (TPSA) is 53.6 Å². The number of aromatic amines is 1. The van der Waals surface area contributed by atoms with E-state index >= 15 is 0 Å². The highest BCUT2D eigenvalue weighted by Gasteiger charge is 2.05. The Labute approximate surface area is 152 Å². The van der Waals surface area contributed by atoms with Crippen LogP contribution < -0.4 is 5.32 Å². The van der Waals surface area contributed by atoms with Crippen molar-refractivity contribution in [3.05, 3.63) is 90.4 Å². The summed E-state index contributed by atoms with van der Waals surface area (Å²) < 4.78 is 0. The number of hydrogen-bond donors (Lipinski definition) is 2. The van der Waals surface area contributed by atoms with E-state index in [0.29, 0.717) is 6.54 Å². The van der Waals surface area contributed by atoms with E-state index in [9.17, 15) is 0 Å². The van der Waals surface area contributed by atoms with E-state index < -0.39 is 0 Å². The third kappa shape index (κ3) is 3.49. The van der Waals surface area contributed by atoms with Gasteiger partial charge < -0.3 is 5.32 Å². The van der Waals surface area contributed by atoms with Crippen molar-refractivity contribution in [2.75, 3.05) is 5.32 Å². The zero-order chi connectivity index (χ0) is 17.8. The second kappa shape index (κ2) is 7.23. The summed E-state index contributed by atoms with van der Waals surface area (Å²) >= 11 is 0. The van der Waals surface area contributed by atoms with Crippen molar-refractivity contribution >= 4 is 5.69 Å². The second-order valence-electron chi connectivity index (χ2n) is 6.27. The molecule has 0 atom stereocenters. The summed E-state index contributed by atoms with van der Waals surface area (Å²) in [5.74, 6) is 0. The second-order valence-corrected chi connectivity index (χ2v) is 6.27. The highest BCUT2D eigenvalue weighted by molar-refractivity contribution is 5.69. The molecule has 0 saturated carbocycles. The average Bonchev–Trinajstić information content (AvgIpc) is 3.17. The normalized spacial score (nSPS) is 10.7. The number of H-pyrrole nitrogens is 1. The predicted octanol–water partition coefficient (Wildman–Crippen LogP) is 5.06. The molecule has 4 rings (SSSR count). The van der Waals surface area contributed by atoms with E-state index in [1.54, 1.807) is 0 Å². The molecule has 2 aromatic heterocycles. The molecule has 2 aromatic carbocycles. The third-order valence-corrected chi connectivity index (χ3v) is 4.38. The fourth-order valence-electron chi connectivity index (χ4n) is 2.99. The zero-order valence-corrected chi connectivity index (χ0v) is 14.6. The summed E-state index contributed by atoms with van der Waals surface area (Å²) in [7, 11) is 0. The molecule has 128 valence electrons. The van der Waals surface area contributed by atoms with Crippen molar-refractivity contribution in [2.24, 2.45) is 0 Å². The van der Waals surface area contributed by atoms with Gasteiger partial charge in [-0.25, -0.2) is 0 Å². The summed E-state index contributed by atoms with van der Waals surface area (Å²) in [5.41, 5.74) is 7.66. The molecule has 0 aliphatic heterocycles. The largest absolute Gasteiger partial charge is 0.378 e. The molecule has 4 aromatic rings. The Morgan fingerprint density at radius 3 is 2.54 bits per heavy atom. The molecule has 0 aliphatic rings. The number of nitrogens with zero attached hydrogens (tertiary/aromatic N) is 2. The quantitative estimate of drug-likeness (QED) is 0.534. The molecule has 0 amide bonds. The Hall–Kier alpha value is -3.40. The molecule has 4 heteroatoms. The van der Waals surface area contributed by atoms with Gasteiger partial charge in [-0.15, -0.1) is 0 Å². The maximum absolute atomic E-state index is 4.39. The van der Waals surface area contributed by atoms with Crippen LogP contribution in [0.15, 0.2) is 79.1 Å². The van der Waals surface area contributed by atoms with E-state index in [1.807, 2.05) is 30.6 Å². The van der Waals surface area contributed by atoms with Crippen molar-refractivity contribution in [3.8, 4) is 22.4 Å². The van der Waals surface area contributed by atoms with Gasteiger partial charge in [0.2, 0.25) is 0 Å². The smallest absolute Gasteiger partial charge is 0.0819 e. The molecule has 0 unspecified atom stereocenters. The lowest BCUT2D eigenvalue weighted by Crippen LogP contribution is -2.00. The molecule has 0 bridgehead atoms. The maximum atomic E-state index is 4.39. The van der Waals surface area contributed by atoms with Gasteiger partial charge in [-0.2, -0.15) is 5.10 Å². The van der Waals surface area contributed by atoms with Crippen molar-refractivity contribution in [1.29, 1.82) is 0 Å². The first-order valence-electron chi connectivity index (χ1n) is 8.64. The molecule has 0 spiro atoms. The van der Waals surface area contributed by atoms with Gasteiger partial charge >= 0.3 is 0 Å². The Morgan fingerprint density at radius 2 is 1.69 bits per heavy atom. The van der Waals surface area contributed by atoms with Gasteiger partial charge in [0.05, 0.1) is 23.6 Å². The number of benzene rings is 2. The predicted molar refractivity (Wildman–Crippen MR) is 106 cm³/mol. The van der Waals surface area contributed by atoms with E-state index in [1.165, 1.54) is 11.1 Å². The fraction of sp³-hybridized carbons (Fsp3) is 0.0909. The maximum Gasteiger partial charge on any atom is 0.0819 e. The summed E-state index contributed by atoms with van der Waals surface area (Å²) in [6, 6.07) is 22.7. The van der Waals surface area contributed by atoms with Crippen molar-refractivity contribution in [2.45, 2.75) is 13.5 Å². The Bertz CT molecular complexity index is 1010. The third-order valence-electron chi connectivity index (χ3n) is 4.38. The molecule has 2 N–H and O–H groups in total. The van der Waals surface area contributed by atoms with Gasteiger partial charge in [0.15, 0.2) is 0 Å². The van der Waals surface area contributed by atoms with Gasteiger partial charge in [0, 0.05) is 18.0 Å². The van der Waals surface area contributed by atoms with Crippen LogP contribution in [0.2, 0.25) is 0 Å². The van der Waals surface area contributed by atoms with Crippen LogP contribution in [0.25, 0.3) is 22.4 Å². The number of anilines is 1. The van der Waals surface area contributed by atoms with E-state index in [4.69, 9.17) is 0 Å². The van der Waals surface area contributed by atoms with E-state index in [0.717, 1.165) is 28.2 Å². The number of hydrogen-bond acceptors (Lipinski definition) is 3. The molecule has 0 radical (unpaired) electrons. The van der Waals surface area contributed by atoms with E-state index in [2.05, 4.69) is 76.0 Å². The van der Waals surface area contributed by atoms with Gasteiger partial charge in [-0.1, -0.05) is 54.6 Å². The van der Waals surface area contributed by atoms with Gasteiger partial charge in [0.1, 0.15) is 0 Å². The van der Waals surface area contributed by atoms with Gasteiger partial charge in [-0.3, -0.25) is 10.1 Å². The summed E-state index contributed by atoms with van der Waals surface area (Å²) in [5, 5.41) is 10.9. The molecular formula is C22H20N4. The average molecular weight is 340 g/mol. The zero-order valence-electron chi connectivity index (χ0n) is 14.6. The lowest BCUT2D eigenvalue weighted by molar-refractivity contribution is 0.982. The van der Waals surface area contributed by atoms with Gasteiger partial charge in [0.25, 0.3) is 0 Å². The molecule has 26 heavy (non-hydrogen) atoms. The fourth-order valence-corrected chi connectivity index (χ4v) is 2.99. The number of nitrogens with one attached hydrogen (secondary N) is 2. The summed E-state index contributed by atoms with van der Waals surface area (Å²) in [4.78, 5) is 4.38. The van der Waals surface area contributed by atoms with Gasteiger partial charge in [-0.05, 0) is 35.7 Å². The van der Waals surface area contributed by atoms with Crippen LogP contribution in [0.4, 0.5) is 5.69 Å². The first-order chi connectivity index (χ1) is 12.8. The van der Waals surface area contributed by atoms with Crippen LogP contribution in [0, 0.1) is 6.92 Å². The Balaban J connectivity index is 1.48. The first kappa shape index (κ1) is 16.1. The number of aromatic nitrogens is 3. The number of pyridine rings is 1. The molecule has 4 nitrogen and oxygen atoms in total. The van der Waals surface area contributed by atoms with Crippen molar-refractivity contribution in [1.82, 2.24) is 15.2 Å². The van der Waals surface area contributed by atoms with Crippen LogP contribution in [-0.4, -0.2) is 15.2 Å². The standard InChI is InChI=1S/C22H20N4/c1-16-7-5-6-10-21(16)18-11-19(14-23-13-18)24-15-20-12-22(26-25-20)17-8-3-2-4-9-17/h2-14,24H,15H2,1H3,(H,25,26). The first-order valence-corrected chi connectivity index (χ1v) is 8.64. The minimum absolute atomic E-state index is 0.641. The molecule has 0 saturated heterocycles. The molecular weight excluding hydrogens is 320 g/mol. The minimum Gasteiger partial charge on any atom is -0.378 e. The molecule has 0 aliphatic carbocycles. The SMILES string of the molecule is Cc1ccccc1-c1cncc(NCc2cc(-c3ccccc3)[nH]n2)c1. The summed E-state index contributed by atoms with van der Waals surface area (Å²) in [6.45, 7) is 2.76. The lowest BCUT2D eigenvalue weighted by Gasteiger charge is -2.08. The minimum atomic E-state index is 0.641. The number of rotatable bonds is 5. The molecule has 2 heterocycles. The monoisotopic (exact) mass is 340 g/mol. The highest BCUT2D eigenvalue weighted by atomic mass is 15.1. The van der Waals surface area contributed by atoms with Crippen LogP contribution in [-0.2, 0) is 6.54 Å². The van der Waals surface area contributed by atoms with Crippen LogP contribution in [0.5, 0.6) is 0 Å².